The van der Waals surface area contributed by atoms with E-state index in [1.54, 1.807) is 4.90 Å². The minimum Gasteiger partial charge on any atom is -0.351 e. The Morgan fingerprint density at radius 1 is 0.909 bits per heavy atom. The van der Waals surface area contributed by atoms with Gasteiger partial charge in [-0.05, 0) is 32.1 Å². The van der Waals surface area contributed by atoms with Gasteiger partial charge in [0.2, 0.25) is 5.91 Å². The highest BCUT2D eigenvalue weighted by Gasteiger charge is 2.38. The van der Waals surface area contributed by atoms with Crippen LogP contribution < -0.4 is 5.73 Å². The average molecular weight is 308 g/mol. The van der Waals surface area contributed by atoms with E-state index in [-0.39, 0.29) is 6.03 Å². The van der Waals surface area contributed by atoms with Gasteiger partial charge in [-0.2, -0.15) is 0 Å². The van der Waals surface area contributed by atoms with E-state index in [0.29, 0.717) is 37.6 Å². The molecule has 3 amide bonds. The molecule has 3 aliphatic rings. The highest BCUT2D eigenvalue weighted by Crippen LogP contribution is 2.34. The maximum atomic E-state index is 12.8. The van der Waals surface area contributed by atoms with Crippen molar-refractivity contribution in [2.45, 2.75) is 57.0 Å². The molecular formula is C16H28N4O2. The van der Waals surface area contributed by atoms with Crippen LogP contribution in [-0.4, -0.2) is 71.4 Å². The quantitative estimate of drug-likeness (QED) is 0.842. The number of amides is 3. The van der Waals surface area contributed by atoms with Gasteiger partial charge in [0.15, 0.2) is 0 Å². The number of urea groups is 1. The van der Waals surface area contributed by atoms with Crippen molar-refractivity contribution >= 4 is 11.9 Å². The second-order valence-electron chi connectivity index (χ2n) is 6.93. The fourth-order valence-electron chi connectivity index (χ4n) is 3.86. The van der Waals surface area contributed by atoms with Crippen molar-refractivity contribution in [2.24, 2.45) is 5.73 Å². The molecule has 0 atom stereocenters. The number of hydrogen-bond donors (Lipinski definition) is 1. The molecule has 0 aromatic carbocycles. The Kier molecular flexibility index (Phi) is 4.86. The molecule has 2 aliphatic carbocycles. The summed E-state index contributed by atoms with van der Waals surface area (Å²) in [6.07, 6.45) is 8.13. The summed E-state index contributed by atoms with van der Waals surface area (Å²) in [6, 6.07) is 0.637. The van der Waals surface area contributed by atoms with Crippen LogP contribution in [0.2, 0.25) is 0 Å². The minimum atomic E-state index is -0.348. The highest BCUT2D eigenvalue weighted by molar-refractivity contribution is 5.79. The lowest BCUT2D eigenvalue weighted by Gasteiger charge is -2.31. The lowest BCUT2D eigenvalue weighted by atomic mass is 10.2. The molecule has 6 nitrogen and oxygen atoms in total. The predicted molar refractivity (Wildman–Crippen MR) is 84.3 cm³/mol. The number of primary amides is 1. The Morgan fingerprint density at radius 2 is 1.59 bits per heavy atom. The van der Waals surface area contributed by atoms with Gasteiger partial charge in [0.25, 0.3) is 0 Å². The Balaban J connectivity index is 1.54. The number of nitrogens with zero attached hydrogens (tertiary/aromatic N) is 3. The van der Waals surface area contributed by atoms with Crippen LogP contribution in [-0.2, 0) is 4.79 Å². The lowest BCUT2D eigenvalue weighted by Crippen LogP contribution is -2.47. The van der Waals surface area contributed by atoms with Crippen molar-refractivity contribution in [3.63, 3.8) is 0 Å². The maximum absolute atomic E-state index is 12.8. The molecule has 3 rings (SSSR count). The third-order valence-electron chi connectivity index (χ3n) is 5.21. The van der Waals surface area contributed by atoms with Crippen molar-refractivity contribution in [3.8, 4) is 0 Å². The molecule has 0 aromatic heterocycles. The molecule has 2 N–H and O–H groups in total. The van der Waals surface area contributed by atoms with Gasteiger partial charge >= 0.3 is 6.03 Å². The molecule has 0 bridgehead atoms. The second kappa shape index (κ2) is 6.86. The minimum absolute atomic E-state index is 0.293. The van der Waals surface area contributed by atoms with E-state index in [4.69, 9.17) is 5.73 Å². The fourth-order valence-corrected chi connectivity index (χ4v) is 3.86. The standard InChI is InChI=1S/C16H28N4O2/c17-16(22)19-9-3-8-18(10-11-19)12-15(21)20(14-6-7-14)13-4-1-2-5-13/h13-14H,1-12H2,(H2,17,22). The van der Waals surface area contributed by atoms with E-state index in [2.05, 4.69) is 9.80 Å². The first-order chi connectivity index (χ1) is 10.6. The normalized spacial score (nSPS) is 24.3. The van der Waals surface area contributed by atoms with E-state index >= 15 is 0 Å². The first kappa shape index (κ1) is 15.6. The zero-order valence-corrected chi connectivity index (χ0v) is 13.4. The van der Waals surface area contributed by atoms with Crippen molar-refractivity contribution < 1.29 is 9.59 Å². The number of rotatable bonds is 4. The summed E-state index contributed by atoms with van der Waals surface area (Å²) in [5.41, 5.74) is 5.36. The van der Waals surface area contributed by atoms with E-state index in [9.17, 15) is 9.59 Å². The van der Waals surface area contributed by atoms with Gasteiger partial charge < -0.3 is 15.5 Å². The van der Waals surface area contributed by atoms with E-state index in [1.165, 1.54) is 38.5 Å². The van der Waals surface area contributed by atoms with Crippen LogP contribution in [0.3, 0.4) is 0 Å². The van der Waals surface area contributed by atoms with Crippen molar-refractivity contribution in [3.05, 3.63) is 0 Å². The van der Waals surface area contributed by atoms with Crippen LogP contribution >= 0.6 is 0 Å². The molecule has 1 saturated heterocycles. The third-order valence-corrected chi connectivity index (χ3v) is 5.21. The first-order valence-electron chi connectivity index (χ1n) is 8.73. The molecule has 2 saturated carbocycles. The third kappa shape index (κ3) is 3.72. The molecule has 0 unspecified atom stereocenters. The average Bonchev–Trinajstić information content (AvgIpc) is 3.21. The van der Waals surface area contributed by atoms with Crippen LogP contribution in [0.5, 0.6) is 0 Å². The van der Waals surface area contributed by atoms with E-state index in [1.807, 2.05) is 0 Å². The van der Waals surface area contributed by atoms with Crippen molar-refractivity contribution in [1.82, 2.24) is 14.7 Å². The molecule has 1 heterocycles. The Morgan fingerprint density at radius 3 is 2.23 bits per heavy atom. The summed E-state index contributed by atoms with van der Waals surface area (Å²) in [5.74, 6) is 0.293. The summed E-state index contributed by atoms with van der Waals surface area (Å²) in [6.45, 7) is 3.46. The largest absolute Gasteiger partial charge is 0.351 e. The molecule has 124 valence electrons. The Labute approximate surface area is 132 Å². The number of nitrogens with two attached hydrogens (primary N) is 1. The van der Waals surface area contributed by atoms with Crippen LogP contribution in [0.4, 0.5) is 4.79 Å². The molecular weight excluding hydrogens is 280 g/mol. The van der Waals surface area contributed by atoms with E-state index in [0.717, 1.165) is 19.5 Å². The maximum Gasteiger partial charge on any atom is 0.314 e. The zero-order chi connectivity index (χ0) is 15.5. The fraction of sp³-hybridized carbons (Fsp3) is 0.875. The highest BCUT2D eigenvalue weighted by atomic mass is 16.2. The SMILES string of the molecule is NC(=O)N1CCCN(CC(=O)N(C2CCCC2)C2CC2)CC1. The molecule has 0 spiro atoms. The van der Waals surface area contributed by atoms with Gasteiger partial charge in [0, 0.05) is 38.3 Å². The number of hydrogen-bond acceptors (Lipinski definition) is 3. The van der Waals surface area contributed by atoms with Gasteiger partial charge in [-0.15, -0.1) is 0 Å². The van der Waals surface area contributed by atoms with E-state index < -0.39 is 0 Å². The van der Waals surface area contributed by atoms with Crippen molar-refractivity contribution in [2.75, 3.05) is 32.7 Å². The van der Waals surface area contributed by atoms with Crippen molar-refractivity contribution in [1.29, 1.82) is 0 Å². The second-order valence-corrected chi connectivity index (χ2v) is 6.93. The monoisotopic (exact) mass is 308 g/mol. The van der Waals surface area contributed by atoms with Gasteiger partial charge in [0.05, 0.1) is 6.54 Å². The summed E-state index contributed by atoms with van der Waals surface area (Å²) in [4.78, 5) is 30.1. The summed E-state index contributed by atoms with van der Waals surface area (Å²) in [7, 11) is 0. The molecule has 1 aliphatic heterocycles. The number of carbonyl (C=O) groups is 2. The Bertz CT molecular complexity index is 418. The first-order valence-corrected chi connectivity index (χ1v) is 8.73. The van der Waals surface area contributed by atoms with Crippen LogP contribution in [0.15, 0.2) is 0 Å². The summed E-state index contributed by atoms with van der Waals surface area (Å²) < 4.78 is 0. The van der Waals surface area contributed by atoms with Gasteiger partial charge in [-0.3, -0.25) is 9.69 Å². The molecule has 3 fully saturated rings. The predicted octanol–water partition coefficient (Wildman–Crippen LogP) is 1.01. The summed E-state index contributed by atoms with van der Waals surface area (Å²) >= 11 is 0. The summed E-state index contributed by atoms with van der Waals surface area (Å²) in [5, 5.41) is 0. The Hall–Kier alpha value is -1.30. The van der Waals surface area contributed by atoms with Crippen LogP contribution in [0.25, 0.3) is 0 Å². The topological polar surface area (TPSA) is 69.9 Å². The van der Waals surface area contributed by atoms with Gasteiger partial charge in [-0.25, -0.2) is 4.79 Å². The number of carbonyl (C=O) groups excluding carboxylic acids is 2. The molecule has 6 heteroatoms. The van der Waals surface area contributed by atoms with Crippen LogP contribution in [0.1, 0.15) is 44.9 Å². The smallest absolute Gasteiger partial charge is 0.314 e. The molecule has 0 radical (unpaired) electrons. The molecule has 22 heavy (non-hydrogen) atoms. The molecule has 0 aromatic rings. The zero-order valence-electron chi connectivity index (χ0n) is 13.4. The lowest BCUT2D eigenvalue weighted by molar-refractivity contribution is -0.135. The van der Waals surface area contributed by atoms with Gasteiger partial charge in [0.1, 0.15) is 0 Å². The van der Waals surface area contributed by atoms with Gasteiger partial charge in [-0.1, -0.05) is 12.8 Å². The van der Waals surface area contributed by atoms with Crippen LogP contribution in [0, 0.1) is 0 Å².